The smallest absolute Gasteiger partial charge is 0.224 e. The van der Waals surface area contributed by atoms with Crippen LogP contribution in [0.2, 0.25) is 0 Å². The average Bonchev–Trinajstić information content (AvgIpc) is 3.41. The number of carbonyl (C=O) groups is 1. The van der Waals surface area contributed by atoms with Gasteiger partial charge in [-0.3, -0.25) is 14.7 Å². The molecule has 0 saturated carbocycles. The fourth-order valence-electron chi connectivity index (χ4n) is 4.22. The first kappa shape index (κ1) is 21.1. The van der Waals surface area contributed by atoms with Gasteiger partial charge in [-0.2, -0.15) is 0 Å². The molecule has 3 rings (SSSR count). The summed E-state index contributed by atoms with van der Waals surface area (Å²) in [6.07, 6.45) is 5.46. The van der Waals surface area contributed by atoms with E-state index < -0.39 is 0 Å². The zero-order valence-corrected chi connectivity index (χ0v) is 18.1. The molecule has 2 aliphatic rings. The Bertz CT molecular complexity index is 627. The number of guanidine groups is 1. The van der Waals surface area contributed by atoms with E-state index >= 15 is 0 Å². The number of rotatable bonds is 7. The Morgan fingerprint density at radius 1 is 1.29 bits per heavy atom. The van der Waals surface area contributed by atoms with Crippen LogP contribution in [-0.2, 0) is 4.79 Å². The highest BCUT2D eigenvalue weighted by atomic mass is 32.1. The molecule has 0 aliphatic carbocycles. The molecule has 7 heteroatoms. The van der Waals surface area contributed by atoms with Crippen LogP contribution in [0.1, 0.15) is 49.9 Å². The first-order valence-electron chi connectivity index (χ1n) is 10.7. The molecule has 2 unspecified atom stereocenters. The fraction of sp³-hybridized carbons (Fsp3) is 0.714. The van der Waals surface area contributed by atoms with Crippen molar-refractivity contribution in [1.29, 1.82) is 0 Å². The molecule has 2 N–H and O–H groups in total. The molecule has 0 spiro atoms. The Hall–Kier alpha value is -1.60. The van der Waals surface area contributed by atoms with E-state index in [1.165, 1.54) is 37.2 Å². The van der Waals surface area contributed by atoms with Crippen molar-refractivity contribution >= 4 is 23.2 Å². The van der Waals surface area contributed by atoms with E-state index in [4.69, 9.17) is 0 Å². The number of hydrogen-bond acceptors (Lipinski definition) is 4. The monoisotopic (exact) mass is 405 g/mol. The second-order valence-electron chi connectivity index (χ2n) is 7.99. The van der Waals surface area contributed by atoms with Gasteiger partial charge in [0, 0.05) is 44.5 Å². The lowest BCUT2D eigenvalue weighted by atomic mass is 10.00. The lowest BCUT2D eigenvalue weighted by Gasteiger charge is -2.31. The maximum absolute atomic E-state index is 12.4. The number of likely N-dealkylation sites (tertiary alicyclic amines) is 2. The van der Waals surface area contributed by atoms with Crippen molar-refractivity contribution in [2.75, 3.05) is 46.3 Å². The number of aliphatic imine (C=N–C) groups is 1. The highest BCUT2D eigenvalue weighted by Crippen LogP contribution is 2.27. The van der Waals surface area contributed by atoms with Gasteiger partial charge in [0.25, 0.3) is 0 Å². The van der Waals surface area contributed by atoms with Gasteiger partial charge >= 0.3 is 0 Å². The zero-order chi connectivity index (χ0) is 19.8. The summed E-state index contributed by atoms with van der Waals surface area (Å²) in [5.41, 5.74) is 0. The van der Waals surface area contributed by atoms with E-state index in [0.717, 1.165) is 32.0 Å². The summed E-state index contributed by atoms with van der Waals surface area (Å²) in [4.78, 5) is 22.8. The van der Waals surface area contributed by atoms with E-state index in [1.54, 1.807) is 7.05 Å². The van der Waals surface area contributed by atoms with Crippen LogP contribution in [0.4, 0.5) is 0 Å². The third-order valence-corrected chi connectivity index (χ3v) is 6.75. The van der Waals surface area contributed by atoms with Gasteiger partial charge in [0.1, 0.15) is 0 Å². The summed E-state index contributed by atoms with van der Waals surface area (Å²) in [6, 6.07) is 4.74. The van der Waals surface area contributed by atoms with Gasteiger partial charge in [-0.15, -0.1) is 11.3 Å². The predicted molar refractivity (Wildman–Crippen MR) is 117 cm³/mol. The van der Waals surface area contributed by atoms with Crippen LogP contribution in [0.3, 0.4) is 0 Å². The molecule has 1 aromatic rings. The van der Waals surface area contributed by atoms with Crippen molar-refractivity contribution in [3.05, 3.63) is 22.4 Å². The van der Waals surface area contributed by atoms with Crippen molar-refractivity contribution in [1.82, 2.24) is 20.4 Å². The van der Waals surface area contributed by atoms with Gasteiger partial charge in [-0.1, -0.05) is 13.0 Å². The number of nitrogens with zero attached hydrogens (tertiary/aromatic N) is 3. The highest BCUT2D eigenvalue weighted by molar-refractivity contribution is 7.10. The van der Waals surface area contributed by atoms with E-state index in [0.29, 0.717) is 24.9 Å². The minimum atomic E-state index is 0.253. The second-order valence-corrected chi connectivity index (χ2v) is 8.97. The number of carbonyl (C=O) groups excluding carboxylic acids is 1. The number of thiophene rings is 1. The molecule has 1 aromatic heterocycles. The van der Waals surface area contributed by atoms with Gasteiger partial charge in [-0.25, -0.2) is 0 Å². The summed E-state index contributed by atoms with van der Waals surface area (Å²) in [5, 5.41) is 8.94. The molecule has 2 atom stereocenters. The minimum Gasteiger partial charge on any atom is -0.356 e. The standard InChI is InChI=1S/C21H35N5OS/c1-17-7-5-13-26(16-17)20(27)9-10-23-21(22-2)24-15-18(19-8-6-14-28-19)25-11-3-4-12-25/h6,8,14,17-18H,3-5,7,9-13,15-16H2,1-2H3,(H2,22,23,24). The normalized spacial score (nSPS) is 22.3. The van der Waals surface area contributed by atoms with Crippen molar-refractivity contribution < 1.29 is 4.79 Å². The van der Waals surface area contributed by atoms with Crippen LogP contribution in [0, 0.1) is 5.92 Å². The first-order chi connectivity index (χ1) is 13.7. The largest absolute Gasteiger partial charge is 0.356 e. The SMILES string of the molecule is CN=C(NCCC(=O)N1CCCC(C)C1)NCC(c1cccs1)N1CCCC1. The van der Waals surface area contributed by atoms with Crippen molar-refractivity contribution in [3.63, 3.8) is 0 Å². The molecule has 3 heterocycles. The number of hydrogen-bond donors (Lipinski definition) is 2. The van der Waals surface area contributed by atoms with Gasteiger partial charge in [-0.05, 0) is 56.1 Å². The van der Waals surface area contributed by atoms with E-state index in [9.17, 15) is 4.79 Å². The second kappa shape index (κ2) is 10.8. The van der Waals surface area contributed by atoms with Crippen LogP contribution in [0.25, 0.3) is 0 Å². The maximum Gasteiger partial charge on any atom is 0.224 e. The molecule has 1 amide bonds. The predicted octanol–water partition coefficient (Wildman–Crippen LogP) is 2.70. The summed E-state index contributed by atoms with van der Waals surface area (Å²) >= 11 is 1.82. The maximum atomic E-state index is 12.4. The van der Waals surface area contributed by atoms with Crippen LogP contribution in [-0.4, -0.2) is 68.0 Å². The molecule has 2 aliphatic heterocycles. The molecular formula is C21H35N5OS. The van der Waals surface area contributed by atoms with Crippen molar-refractivity contribution in [3.8, 4) is 0 Å². The Kier molecular flexibility index (Phi) is 8.15. The van der Waals surface area contributed by atoms with Gasteiger partial charge in [0.15, 0.2) is 5.96 Å². The average molecular weight is 406 g/mol. The highest BCUT2D eigenvalue weighted by Gasteiger charge is 2.24. The van der Waals surface area contributed by atoms with Crippen LogP contribution >= 0.6 is 11.3 Å². The lowest BCUT2D eigenvalue weighted by molar-refractivity contribution is -0.132. The topological polar surface area (TPSA) is 60.0 Å². The molecule has 0 aromatic carbocycles. The molecule has 0 bridgehead atoms. The summed E-state index contributed by atoms with van der Waals surface area (Å²) in [6.45, 7) is 7.83. The molecule has 0 radical (unpaired) electrons. The lowest BCUT2D eigenvalue weighted by Crippen LogP contribution is -2.44. The third kappa shape index (κ3) is 5.95. The summed E-state index contributed by atoms with van der Waals surface area (Å²) < 4.78 is 0. The molecule has 156 valence electrons. The Morgan fingerprint density at radius 2 is 2.11 bits per heavy atom. The molecule has 6 nitrogen and oxygen atoms in total. The quantitative estimate of drug-likeness (QED) is 0.541. The van der Waals surface area contributed by atoms with E-state index in [-0.39, 0.29) is 5.91 Å². The first-order valence-corrected chi connectivity index (χ1v) is 11.5. The van der Waals surface area contributed by atoms with Crippen LogP contribution < -0.4 is 10.6 Å². The van der Waals surface area contributed by atoms with Gasteiger partial charge in [0.2, 0.25) is 5.91 Å². The molecule has 2 fully saturated rings. The van der Waals surface area contributed by atoms with Crippen LogP contribution in [0.5, 0.6) is 0 Å². The van der Waals surface area contributed by atoms with Crippen LogP contribution in [0.15, 0.2) is 22.5 Å². The molecule has 28 heavy (non-hydrogen) atoms. The zero-order valence-electron chi connectivity index (χ0n) is 17.3. The Balaban J connectivity index is 1.44. The molecular weight excluding hydrogens is 370 g/mol. The minimum absolute atomic E-state index is 0.253. The van der Waals surface area contributed by atoms with Gasteiger partial charge in [0.05, 0.1) is 6.04 Å². The van der Waals surface area contributed by atoms with E-state index in [1.807, 2.05) is 16.2 Å². The molecule has 2 saturated heterocycles. The van der Waals surface area contributed by atoms with Crippen molar-refractivity contribution in [2.24, 2.45) is 10.9 Å². The van der Waals surface area contributed by atoms with Gasteiger partial charge < -0.3 is 15.5 Å². The number of piperidine rings is 1. The van der Waals surface area contributed by atoms with E-state index in [2.05, 4.69) is 45.0 Å². The van der Waals surface area contributed by atoms with Crippen molar-refractivity contribution in [2.45, 2.75) is 45.1 Å². The Morgan fingerprint density at radius 3 is 2.79 bits per heavy atom. The summed E-state index contributed by atoms with van der Waals surface area (Å²) in [7, 11) is 1.79. The summed E-state index contributed by atoms with van der Waals surface area (Å²) in [5.74, 6) is 1.66. The number of nitrogens with one attached hydrogen (secondary N) is 2. The fourth-order valence-corrected chi connectivity index (χ4v) is 5.08. The third-order valence-electron chi connectivity index (χ3n) is 5.78. The number of amides is 1. The Labute approximate surface area is 173 Å².